The molecule has 0 saturated carbocycles. The van der Waals surface area contributed by atoms with Gasteiger partial charge in [0.15, 0.2) is 0 Å². The van der Waals surface area contributed by atoms with Crippen LogP contribution in [0.15, 0.2) is 200 Å². The van der Waals surface area contributed by atoms with Gasteiger partial charge in [0.1, 0.15) is 5.69 Å². The third kappa shape index (κ3) is 5.64. The fraction of sp³-hybridized carbons (Fsp3) is 0.0577. The lowest BCUT2D eigenvalue weighted by Gasteiger charge is -2.27. The molecule has 0 aliphatic heterocycles. The van der Waals surface area contributed by atoms with Crippen molar-refractivity contribution in [3.63, 3.8) is 0 Å². The Hall–Kier alpha value is -6.97. The van der Waals surface area contributed by atoms with Crippen LogP contribution < -0.4 is 4.90 Å². The molecule has 8 aromatic carbocycles. The van der Waals surface area contributed by atoms with Crippen LogP contribution in [0.3, 0.4) is 0 Å². The summed E-state index contributed by atoms with van der Waals surface area (Å²) in [6, 6.07) is 71.9. The molecular formula is C52H39N3. The highest BCUT2D eigenvalue weighted by molar-refractivity contribution is 5.97. The fourth-order valence-corrected chi connectivity index (χ4v) is 8.43. The first-order chi connectivity index (χ1) is 27.0. The smallest absolute Gasteiger partial charge is 0.101 e. The second-order valence-corrected chi connectivity index (χ2v) is 14.9. The number of para-hydroxylation sites is 2. The van der Waals surface area contributed by atoms with Crippen LogP contribution in [0.25, 0.3) is 61.2 Å². The molecule has 3 nitrogen and oxygen atoms in total. The predicted octanol–water partition coefficient (Wildman–Crippen LogP) is 13.8. The summed E-state index contributed by atoms with van der Waals surface area (Å²) in [7, 11) is 0. The number of aromatic nitrogens is 2. The van der Waals surface area contributed by atoms with E-state index in [0.29, 0.717) is 0 Å². The number of benzene rings is 8. The SMILES string of the molecule is CC1(C)c2ccccc2-c2cc(N(c3ccccc3)c3ccc(-c4cccc(-c5nn(-c6ccccc6)c6ccc(-c7ccccc7)cc56)c4)cc3)ccc21. The molecule has 1 aromatic heterocycles. The summed E-state index contributed by atoms with van der Waals surface area (Å²) < 4.78 is 2.07. The number of fused-ring (bicyclic) bond motifs is 4. The van der Waals surface area contributed by atoms with Gasteiger partial charge in [-0.15, -0.1) is 0 Å². The van der Waals surface area contributed by atoms with Crippen molar-refractivity contribution in [1.82, 2.24) is 9.78 Å². The van der Waals surface area contributed by atoms with Crippen LogP contribution in [0, 0.1) is 0 Å². The largest absolute Gasteiger partial charge is 0.310 e. The normalized spacial score (nSPS) is 12.7. The zero-order valence-electron chi connectivity index (χ0n) is 30.9. The molecule has 0 atom stereocenters. The molecule has 0 radical (unpaired) electrons. The minimum absolute atomic E-state index is 0.0334. The maximum Gasteiger partial charge on any atom is 0.101 e. The van der Waals surface area contributed by atoms with Gasteiger partial charge < -0.3 is 4.90 Å². The number of rotatable bonds is 7. The first-order valence-electron chi connectivity index (χ1n) is 19.0. The third-order valence-corrected chi connectivity index (χ3v) is 11.2. The minimum atomic E-state index is -0.0334. The Labute approximate surface area is 322 Å². The molecule has 1 heterocycles. The zero-order chi connectivity index (χ0) is 36.9. The molecular weight excluding hydrogens is 667 g/mol. The highest BCUT2D eigenvalue weighted by Crippen LogP contribution is 2.50. The zero-order valence-corrected chi connectivity index (χ0v) is 30.9. The number of anilines is 3. The highest BCUT2D eigenvalue weighted by atomic mass is 15.3. The van der Waals surface area contributed by atoms with Crippen molar-refractivity contribution in [2.75, 3.05) is 4.90 Å². The van der Waals surface area contributed by atoms with E-state index in [4.69, 9.17) is 5.10 Å². The van der Waals surface area contributed by atoms with Crippen LogP contribution in [-0.2, 0) is 5.41 Å². The van der Waals surface area contributed by atoms with Crippen molar-refractivity contribution in [3.8, 4) is 50.3 Å². The van der Waals surface area contributed by atoms with Gasteiger partial charge in [-0.25, -0.2) is 4.68 Å². The summed E-state index contributed by atoms with van der Waals surface area (Å²) in [5.41, 5.74) is 17.6. The lowest BCUT2D eigenvalue weighted by Crippen LogP contribution is -2.15. The fourth-order valence-electron chi connectivity index (χ4n) is 8.43. The molecule has 262 valence electrons. The minimum Gasteiger partial charge on any atom is -0.310 e. The van der Waals surface area contributed by atoms with Gasteiger partial charge in [-0.1, -0.05) is 147 Å². The van der Waals surface area contributed by atoms with E-state index in [1.807, 2.05) is 6.07 Å². The lowest BCUT2D eigenvalue weighted by molar-refractivity contribution is 0.660. The Bertz CT molecular complexity index is 2820. The van der Waals surface area contributed by atoms with Crippen LogP contribution in [0.5, 0.6) is 0 Å². The first kappa shape index (κ1) is 32.7. The molecule has 0 fully saturated rings. The van der Waals surface area contributed by atoms with Gasteiger partial charge in [0.25, 0.3) is 0 Å². The van der Waals surface area contributed by atoms with E-state index in [2.05, 4.69) is 218 Å². The Morgan fingerprint density at radius 1 is 0.418 bits per heavy atom. The number of hydrogen-bond donors (Lipinski definition) is 0. The van der Waals surface area contributed by atoms with Gasteiger partial charge in [0.2, 0.25) is 0 Å². The van der Waals surface area contributed by atoms with E-state index in [1.54, 1.807) is 0 Å². The van der Waals surface area contributed by atoms with Crippen LogP contribution >= 0.6 is 0 Å². The van der Waals surface area contributed by atoms with Crippen molar-refractivity contribution < 1.29 is 0 Å². The van der Waals surface area contributed by atoms with Crippen molar-refractivity contribution in [2.24, 2.45) is 0 Å². The Balaban J connectivity index is 1.04. The van der Waals surface area contributed by atoms with E-state index in [0.717, 1.165) is 56.0 Å². The highest BCUT2D eigenvalue weighted by Gasteiger charge is 2.35. The van der Waals surface area contributed by atoms with Crippen molar-refractivity contribution in [2.45, 2.75) is 19.3 Å². The molecule has 9 aromatic rings. The number of nitrogens with zero attached hydrogens (tertiary/aromatic N) is 3. The standard InChI is InChI=1S/C52H39N3/c1-52(2)48-24-13-12-23-45(48)46-35-44(30-31-49(46)52)54(41-19-8-4-9-20-41)42-28-25-37(26-29-42)38-17-14-18-40(33-38)51-47-34-39(36-15-6-3-7-16-36)27-32-50(47)55(53-51)43-21-10-5-11-22-43/h3-35H,1-2H3. The van der Waals surface area contributed by atoms with E-state index in [1.165, 1.54) is 33.4 Å². The molecule has 1 aliphatic carbocycles. The predicted molar refractivity (Wildman–Crippen MR) is 230 cm³/mol. The molecule has 0 spiro atoms. The van der Waals surface area contributed by atoms with Crippen LogP contribution in [-0.4, -0.2) is 9.78 Å². The molecule has 3 heteroatoms. The maximum absolute atomic E-state index is 5.26. The second kappa shape index (κ2) is 13.2. The monoisotopic (exact) mass is 705 g/mol. The molecule has 0 amide bonds. The van der Waals surface area contributed by atoms with E-state index < -0.39 is 0 Å². The average Bonchev–Trinajstić information content (AvgIpc) is 3.74. The quantitative estimate of drug-likeness (QED) is 0.165. The van der Waals surface area contributed by atoms with Gasteiger partial charge in [-0.3, -0.25) is 0 Å². The van der Waals surface area contributed by atoms with Crippen molar-refractivity contribution in [3.05, 3.63) is 211 Å². The summed E-state index contributed by atoms with van der Waals surface area (Å²) in [5, 5.41) is 6.38. The summed E-state index contributed by atoms with van der Waals surface area (Å²) in [5.74, 6) is 0. The van der Waals surface area contributed by atoms with Crippen LogP contribution in [0.2, 0.25) is 0 Å². The molecule has 10 rings (SSSR count). The Morgan fingerprint density at radius 2 is 0.982 bits per heavy atom. The number of hydrogen-bond acceptors (Lipinski definition) is 2. The van der Waals surface area contributed by atoms with E-state index >= 15 is 0 Å². The summed E-state index contributed by atoms with van der Waals surface area (Å²) in [4.78, 5) is 2.36. The molecule has 1 aliphatic rings. The first-order valence-corrected chi connectivity index (χ1v) is 19.0. The Morgan fingerprint density at radius 3 is 1.76 bits per heavy atom. The summed E-state index contributed by atoms with van der Waals surface area (Å²) >= 11 is 0. The van der Waals surface area contributed by atoms with Crippen molar-refractivity contribution >= 4 is 28.0 Å². The lowest BCUT2D eigenvalue weighted by atomic mass is 9.82. The summed E-state index contributed by atoms with van der Waals surface area (Å²) in [6.45, 7) is 4.67. The Kier molecular flexibility index (Phi) is 7.81. The van der Waals surface area contributed by atoms with Gasteiger partial charge in [-0.2, -0.15) is 5.10 Å². The topological polar surface area (TPSA) is 21.1 Å². The molecule has 0 bridgehead atoms. The van der Waals surface area contributed by atoms with Crippen molar-refractivity contribution in [1.29, 1.82) is 0 Å². The van der Waals surface area contributed by atoms with Crippen LogP contribution in [0.4, 0.5) is 17.1 Å². The van der Waals surface area contributed by atoms with Gasteiger partial charge in [0.05, 0.1) is 11.2 Å². The van der Waals surface area contributed by atoms with Crippen LogP contribution in [0.1, 0.15) is 25.0 Å². The van der Waals surface area contributed by atoms with E-state index in [9.17, 15) is 0 Å². The molecule has 0 saturated heterocycles. The second-order valence-electron chi connectivity index (χ2n) is 14.9. The summed E-state index contributed by atoms with van der Waals surface area (Å²) in [6.07, 6.45) is 0. The third-order valence-electron chi connectivity index (χ3n) is 11.2. The maximum atomic E-state index is 5.26. The molecule has 0 unspecified atom stereocenters. The van der Waals surface area contributed by atoms with E-state index in [-0.39, 0.29) is 5.41 Å². The van der Waals surface area contributed by atoms with Gasteiger partial charge >= 0.3 is 0 Å². The van der Waals surface area contributed by atoms with Gasteiger partial charge in [-0.05, 0) is 111 Å². The molecule has 55 heavy (non-hydrogen) atoms. The average molecular weight is 706 g/mol. The van der Waals surface area contributed by atoms with Gasteiger partial charge in [0, 0.05) is 33.4 Å². The molecule has 0 N–H and O–H groups in total.